The number of nitrogens with zero attached hydrogens (tertiary/aromatic N) is 3. The molecule has 0 bridgehead atoms. The third kappa shape index (κ3) is 4.31. The smallest absolute Gasteiger partial charge is 0.233 e. The van der Waals surface area contributed by atoms with Gasteiger partial charge in [-0.3, -0.25) is 14.4 Å². The lowest BCUT2D eigenvalue weighted by molar-refractivity contribution is -0.121. The summed E-state index contributed by atoms with van der Waals surface area (Å²) < 4.78 is 2.96. The average Bonchev–Trinajstić information content (AvgIpc) is 2.66. The number of hydrogen-bond acceptors (Lipinski definition) is 3. The highest BCUT2D eigenvalue weighted by atomic mass is 79.9. The molecule has 0 radical (unpaired) electrons. The zero-order valence-electron chi connectivity index (χ0n) is 12.2. The Morgan fingerprint density at radius 1 is 1.47 bits per heavy atom. The zero-order valence-corrected chi connectivity index (χ0v) is 13.7. The molecule has 19 heavy (non-hydrogen) atoms. The molecular formula is C13H23BrN4O. The number of amides is 1. The van der Waals surface area contributed by atoms with Crippen LogP contribution in [0.3, 0.4) is 0 Å². The molecule has 1 heterocycles. The summed E-state index contributed by atoms with van der Waals surface area (Å²) in [6, 6.07) is 0. The molecule has 0 spiro atoms. The van der Waals surface area contributed by atoms with E-state index in [0.717, 1.165) is 41.8 Å². The van der Waals surface area contributed by atoms with Crippen LogP contribution in [0, 0.1) is 0 Å². The first-order valence-electron chi connectivity index (χ1n) is 6.66. The lowest BCUT2D eigenvalue weighted by atomic mass is 10.2. The van der Waals surface area contributed by atoms with Gasteiger partial charge in [0.2, 0.25) is 5.91 Å². The molecule has 0 aliphatic rings. The maximum atomic E-state index is 11.5. The van der Waals surface area contributed by atoms with Crippen LogP contribution in [0.5, 0.6) is 0 Å². The first kappa shape index (κ1) is 16.2. The molecule has 0 unspecified atom stereocenters. The van der Waals surface area contributed by atoms with Gasteiger partial charge in [-0.15, -0.1) is 0 Å². The Hall–Kier alpha value is -0.880. The Balaban J connectivity index is 2.84. The van der Waals surface area contributed by atoms with Crippen molar-refractivity contribution >= 4 is 21.8 Å². The molecule has 0 aromatic carbocycles. The van der Waals surface area contributed by atoms with Crippen LogP contribution in [-0.2, 0) is 24.8 Å². The summed E-state index contributed by atoms with van der Waals surface area (Å²) in [5.41, 5.74) is 2.18. The van der Waals surface area contributed by atoms with Gasteiger partial charge in [0, 0.05) is 20.6 Å². The molecule has 5 nitrogen and oxygen atoms in total. The van der Waals surface area contributed by atoms with E-state index in [1.807, 2.05) is 11.7 Å². The molecule has 0 saturated heterocycles. The molecule has 1 rings (SSSR count). The van der Waals surface area contributed by atoms with Gasteiger partial charge < -0.3 is 5.32 Å². The molecule has 0 aliphatic carbocycles. The minimum atomic E-state index is 0.0439. The summed E-state index contributed by atoms with van der Waals surface area (Å²) in [6.07, 6.45) is 1.92. The van der Waals surface area contributed by atoms with E-state index in [1.165, 1.54) is 0 Å². The summed E-state index contributed by atoms with van der Waals surface area (Å²) in [7, 11) is 3.62. The summed E-state index contributed by atoms with van der Waals surface area (Å²) in [5.74, 6) is 0.0439. The summed E-state index contributed by atoms with van der Waals surface area (Å²) in [6.45, 7) is 6.25. The molecule has 0 saturated carbocycles. The summed E-state index contributed by atoms with van der Waals surface area (Å²) in [5, 5.41) is 7.15. The van der Waals surface area contributed by atoms with Crippen LogP contribution in [0.15, 0.2) is 4.47 Å². The largest absolute Gasteiger partial charge is 0.358 e. The van der Waals surface area contributed by atoms with Gasteiger partial charge in [0.05, 0.1) is 22.4 Å². The molecule has 1 aromatic rings. The second kappa shape index (κ2) is 7.65. The van der Waals surface area contributed by atoms with Crippen LogP contribution in [0.1, 0.15) is 31.7 Å². The Bertz CT molecular complexity index is 431. The van der Waals surface area contributed by atoms with Crippen LogP contribution in [0.4, 0.5) is 0 Å². The first-order valence-corrected chi connectivity index (χ1v) is 7.45. The molecule has 0 fully saturated rings. The van der Waals surface area contributed by atoms with E-state index in [4.69, 9.17) is 0 Å². The zero-order chi connectivity index (χ0) is 14.4. The van der Waals surface area contributed by atoms with E-state index in [1.54, 1.807) is 7.05 Å². The Labute approximate surface area is 123 Å². The molecule has 6 heteroatoms. The quantitative estimate of drug-likeness (QED) is 0.827. The van der Waals surface area contributed by atoms with Crippen molar-refractivity contribution in [1.29, 1.82) is 0 Å². The minimum absolute atomic E-state index is 0.0439. The van der Waals surface area contributed by atoms with E-state index < -0.39 is 0 Å². The number of carbonyl (C=O) groups excluding carboxylic acids is 1. The van der Waals surface area contributed by atoms with Gasteiger partial charge in [-0.25, -0.2) is 0 Å². The van der Waals surface area contributed by atoms with E-state index in [-0.39, 0.29) is 5.91 Å². The molecule has 0 aliphatic heterocycles. The van der Waals surface area contributed by atoms with E-state index in [0.29, 0.717) is 6.54 Å². The van der Waals surface area contributed by atoms with Crippen molar-refractivity contribution < 1.29 is 4.79 Å². The fourth-order valence-corrected chi connectivity index (χ4v) is 2.76. The maximum Gasteiger partial charge on any atom is 0.233 e. The van der Waals surface area contributed by atoms with Gasteiger partial charge in [-0.05, 0) is 35.3 Å². The van der Waals surface area contributed by atoms with Gasteiger partial charge in [0.1, 0.15) is 0 Å². The fraction of sp³-hybridized carbons (Fsp3) is 0.692. The van der Waals surface area contributed by atoms with Gasteiger partial charge in [0.25, 0.3) is 0 Å². The number of aryl methyl sites for hydroxylation is 2. The summed E-state index contributed by atoms with van der Waals surface area (Å²) in [4.78, 5) is 13.7. The van der Waals surface area contributed by atoms with Crippen LogP contribution < -0.4 is 5.32 Å². The van der Waals surface area contributed by atoms with Crippen molar-refractivity contribution in [2.24, 2.45) is 7.05 Å². The maximum absolute atomic E-state index is 11.5. The van der Waals surface area contributed by atoms with E-state index >= 15 is 0 Å². The standard InChI is InChI=1S/C13H23BrN4O/c1-5-7-18(9-12(19)15-3)8-11-13(14)10(6-2)16-17(11)4/h5-9H2,1-4H3,(H,15,19). The number of rotatable bonds is 7. The Kier molecular flexibility index (Phi) is 6.51. The van der Waals surface area contributed by atoms with Gasteiger partial charge >= 0.3 is 0 Å². The fourth-order valence-electron chi connectivity index (χ4n) is 2.02. The van der Waals surface area contributed by atoms with Gasteiger partial charge in [-0.1, -0.05) is 13.8 Å². The minimum Gasteiger partial charge on any atom is -0.358 e. The van der Waals surface area contributed by atoms with E-state index in [2.05, 4.69) is 45.1 Å². The van der Waals surface area contributed by atoms with Crippen molar-refractivity contribution in [3.63, 3.8) is 0 Å². The van der Waals surface area contributed by atoms with Gasteiger partial charge in [-0.2, -0.15) is 5.10 Å². The Morgan fingerprint density at radius 3 is 2.63 bits per heavy atom. The summed E-state index contributed by atoms with van der Waals surface area (Å²) >= 11 is 3.61. The molecule has 1 amide bonds. The number of hydrogen-bond donors (Lipinski definition) is 1. The molecule has 1 N–H and O–H groups in total. The number of nitrogens with one attached hydrogen (secondary N) is 1. The normalized spacial score (nSPS) is 11.1. The van der Waals surface area contributed by atoms with Gasteiger partial charge in [0.15, 0.2) is 0 Å². The van der Waals surface area contributed by atoms with Crippen molar-refractivity contribution in [3.8, 4) is 0 Å². The van der Waals surface area contributed by atoms with Crippen molar-refractivity contribution in [2.75, 3.05) is 20.1 Å². The topological polar surface area (TPSA) is 50.2 Å². The first-order chi connectivity index (χ1) is 9.03. The van der Waals surface area contributed by atoms with Crippen LogP contribution in [0.2, 0.25) is 0 Å². The molecular weight excluding hydrogens is 308 g/mol. The average molecular weight is 331 g/mol. The highest BCUT2D eigenvalue weighted by Gasteiger charge is 2.17. The number of halogens is 1. The lowest BCUT2D eigenvalue weighted by Gasteiger charge is -2.20. The van der Waals surface area contributed by atoms with Crippen LogP contribution in [-0.4, -0.2) is 40.7 Å². The van der Waals surface area contributed by atoms with Crippen molar-refractivity contribution in [1.82, 2.24) is 20.0 Å². The van der Waals surface area contributed by atoms with E-state index in [9.17, 15) is 4.79 Å². The predicted molar refractivity (Wildman–Crippen MR) is 79.9 cm³/mol. The molecule has 108 valence electrons. The molecule has 0 atom stereocenters. The highest BCUT2D eigenvalue weighted by molar-refractivity contribution is 9.10. The lowest BCUT2D eigenvalue weighted by Crippen LogP contribution is -2.36. The highest BCUT2D eigenvalue weighted by Crippen LogP contribution is 2.22. The Morgan fingerprint density at radius 2 is 2.16 bits per heavy atom. The third-order valence-corrected chi connectivity index (χ3v) is 3.98. The number of aromatic nitrogens is 2. The SMILES string of the molecule is CCCN(CC(=O)NC)Cc1c(Br)c(CC)nn1C. The second-order valence-electron chi connectivity index (χ2n) is 4.57. The molecule has 1 aromatic heterocycles. The second-order valence-corrected chi connectivity index (χ2v) is 5.36. The number of carbonyl (C=O) groups is 1. The predicted octanol–water partition coefficient (Wildman–Crippen LogP) is 1.70. The van der Waals surface area contributed by atoms with Crippen molar-refractivity contribution in [2.45, 2.75) is 33.2 Å². The third-order valence-electron chi connectivity index (χ3n) is 3.06. The monoisotopic (exact) mass is 330 g/mol. The van der Waals surface area contributed by atoms with Crippen LogP contribution >= 0.6 is 15.9 Å². The van der Waals surface area contributed by atoms with Crippen LogP contribution in [0.25, 0.3) is 0 Å². The number of likely N-dealkylation sites (N-methyl/N-ethyl adjacent to an activating group) is 1. The van der Waals surface area contributed by atoms with Crippen molar-refractivity contribution in [3.05, 3.63) is 15.9 Å².